The predicted octanol–water partition coefficient (Wildman–Crippen LogP) is -0.851. The van der Waals surface area contributed by atoms with Gasteiger partial charge in [-0.2, -0.15) is 0 Å². The summed E-state index contributed by atoms with van der Waals surface area (Å²) in [5.74, 6) is -2.58. The van der Waals surface area contributed by atoms with E-state index in [9.17, 15) is 25.2 Å². The molecule has 94 valence electrons. The molecule has 0 heterocycles. The minimum absolute atomic E-state index is 0.277. The number of rotatable bonds is 4. The number of aromatic carboxylic acids is 1. The van der Waals surface area contributed by atoms with E-state index in [0.29, 0.717) is 0 Å². The Bertz CT molecular complexity index is 410. The van der Waals surface area contributed by atoms with Gasteiger partial charge in [-0.25, -0.2) is 4.79 Å². The molecule has 0 aliphatic rings. The van der Waals surface area contributed by atoms with E-state index in [0.717, 1.165) is 12.1 Å². The van der Waals surface area contributed by atoms with Gasteiger partial charge in [0.2, 0.25) is 0 Å². The van der Waals surface area contributed by atoms with Crippen LogP contribution >= 0.6 is 0 Å². The highest BCUT2D eigenvalue weighted by Gasteiger charge is 2.25. The molecule has 0 fully saturated rings. The number of carboxylic acids is 1. The van der Waals surface area contributed by atoms with Crippen LogP contribution in [0.1, 0.15) is 22.0 Å². The lowest BCUT2D eigenvalue weighted by molar-refractivity contribution is 0.0215. The summed E-state index contributed by atoms with van der Waals surface area (Å²) in [6.07, 6.45) is -2.97. The molecule has 2 atom stereocenters. The van der Waals surface area contributed by atoms with Crippen molar-refractivity contribution in [2.24, 2.45) is 5.73 Å². The highest BCUT2D eigenvalue weighted by Crippen LogP contribution is 2.35. The van der Waals surface area contributed by atoms with Gasteiger partial charge in [-0.3, -0.25) is 0 Å². The molecule has 0 aliphatic heterocycles. The number of nitrogens with two attached hydrogens (primary N) is 1. The van der Waals surface area contributed by atoms with Gasteiger partial charge < -0.3 is 31.3 Å². The standard InChI is InChI=1S/C10H13NO6/c11-3-7(14)9(15)8-5(12)1-4(10(16)17)2-6(8)13/h1-2,7,9,12-15H,3,11H2,(H,16,17). The minimum Gasteiger partial charge on any atom is -0.507 e. The quantitative estimate of drug-likeness (QED) is 0.404. The summed E-state index contributed by atoms with van der Waals surface area (Å²) >= 11 is 0. The van der Waals surface area contributed by atoms with Crippen LogP contribution in [0.5, 0.6) is 11.5 Å². The van der Waals surface area contributed by atoms with Gasteiger partial charge in [0.25, 0.3) is 0 Å². The summed E-state index contributed by atoms with van der Waals surface area (Å²) in [5.41, 5.74) is 4.43. The molecule has 7 nitrogen and oxygen atoms in total. The molecule has 0 aliphatic carbocycles. The molecule has 0 amide bonds. The Hall–Kier alpha value is -1.83. The lowest BCUT2D eigenvalue weighted by Crippen LogP contribution is -2.27. The third-order valence-corrected chi connectivity index (χ3v) is 2.29. The zero-order chi connectivity index (χ0) is 13.2. The Balaban J connectivity index is 3.22. The normalized spacial score (nSPS) is 14.3. The molecule has 1 aromatic rings. The van der Waals surface area contributed by atoms with Crippen LogP contribution < -0.4 is 5.73 Å². The largest absolute Gasteiger partial charge is 0.507 e. The molecule has 0 saturated heterocycles. The van der Waals surface area contributed by atoms with E-state index in [2.05, 4.69) is 0 Å². The molecule has 2 unspecified atom stereocenters. The van der Waals surface area contributed by atoms with Crippen LogP contribution in [-0.2, 0) is 0 Å². The SMILES string of the molecule is NCC(O)C(O)c1c(O)cc(C(=O)O)cc1O. The predicted molar refractivity (Wildman–Crippen MR) is 56.8 cm³/mol. The van der Waals surface area contributed by atoms with Crippen molar-refractivity contribution in [1.29, 1.82) is 0 Å². The molecule has 0 spiro atoms. The molecule has 17 heavy (non-hydrogen) atoms. The zero-order valence-electron chi connectivity index (χ0n) is 8.74. The molecule has 0 bridgehead atoms. The van der Waals surface area contributed by atoms with Crippen LogP contribution in [0.25, 0.3) is 0 Å². The number of phenolic OH excluding ortho intramolecular Hbond substituents is 2. The fourth-order valence-corrected chi connectivity index (χ4v) is 1.37. The molecule has 7 N–H and O–H groups in total. The summed E-state index contributed by atoms with van der Waals surface area (Å²) in [6.45, 7) is -0.277. The number of benzene rings is 1. The Morgan fingerprint density at radius 1 is 1.24 bits per heavy atom. The van der Waals surface area contributed by atoms with Crippen LogP contribution in [0.15, 0.2) is 12.1 Å². The monoisotopic (exact) mass is 243 g/mol. The summed E-state index contributed by atoms with van der Waals surface area (Å²) < 4.78 is 0. The Morgan fingerprint density at radius 3 is 2.06 bits per heavy atom. The zero-order valence-corrected chi connectivity index (χ0v) is 8.74. The molecule has 0 aromatic heterocycles. The fraction of sp³-hybridized carbons (Fsp3) is 0.300. The van der Waals surface area contributed by atoms with Crippen LogP contribution in [-0.4, -0.2) is 44.2 Å². The average Bonchev–Trinajstić information content (AvgIpc) is 2.26. The van der Waals surface area contributed by atoms with Crippen LogP contribution in [0.2, 0.25) is 0 Å². The molecule has 0 saturated carbocycles. The number of hydrogen-bond donors (Lipinski definition) is 6. The second kappa shape index (κ2) is 5.00. The van der Waals surface area contributed by atoms with Gasteiger partial charge in [-0.15, -0.1) is 0 Å². The van der Waals surface area contributed by atoms with Crippen molar-refractivity contribution in [3.63, 3.8) is 0 Å². The highest BCUT2D eigenvalue weighted by atomic mass is 16.4. The van der Waals surface area contributed by atoms with Crippen molar-refractivity contribution < 1.29 is 30.3 Å². The van der Waals surface area contributed by atoms with E-state index >= 15 is 0 Å². The molecule has 1 aromatic carbocycles. The lowest BCUT2D eigenvalue weighted by atomic mass is 10.00. The first-order valence-corrected chi connectivity index (χ1v) is 4.73. The maximum atomic E-state index is 10.6. The number of hydrogen-bond acceptors (Lipinski definition) is 6. The third kappa shape index (κ3) is 2.64. The number of aliphatic hydroxyl groups is 2. The summed E-state index contributed by atoms with van der Waals surface area (Å²) in [7, 11) is 0. The first-order chi connectivity index (χ1) is 7.88. The van der Waals surface area contributed by atoms with Gasteiger partial charge in [0.15, 0.2) is 0 Å². The van der Waals surface area contributed by atoms with Crippen molar-refractivity contribution in [2.75, 3.05) is 6.54 Å². The number of aliphatic hydroxyl groups excluding tert-OH is 2. The lowest BCUT2D eigenvalue weighted by Gasteiger charge is -2.18. The first-order valence-electron chi connectivity index (χ1n) is 4.73. The maximum absolute atomic E-state index is 10.6. The second-order valence-electron chi connectivity index (χ2n) is 3.48. The van der Waals surface area contributed by atoms with E-state index in [1.165, 1.54) is 0 Å². The van der Waals surface area contributed by atoms with E-state index in [1.807, 2.05) is 0 Å². The van der Waals surface area contributed by atoms with Gasteiger partial charge in [-0.05, 0) is 12.1 Å². The smallest absolute Gasteiger partial charge is 0.335 e. The van der Waals surface area contributed by atoms with E-state index in [4.69, 9.17) is 10.8 Å². The van der Waals surface area contributed by atoms with Gasteiger partial charge in [0, 0.05) is 6.54 Å². The minimum atomic E-state index is -1.59. The fourth-order valence-electron chi connectivity index (χ4n) is 1.37. The van der Waals surface area contributed by atoms with E-state index < -0.39 is 29.7 Å². The molecular weight excluding hydrogens is 230 g/mol. The second-order valence-corrected chi connectivity index (χ2v) is 3.48. The Labute approximate surface area is 96.4 Å². The number of carbonyl (C=O) groups is 1. The van der Waals surface area contributed by atoms with Crippen molar-refractivity contribution in [2.45, 2.75) is 12.2 Å². The van der Waals surface area contributed by atoms with Crippen LogP contribution in [0, 0.1) is 0 Å². The first kappa shape index (κ1) is 13.2. The number of phenols is 2. The molecule has 7 heteroatoms. The van der Waals surface area contributed by atoms with Gasteiger partial charge in [0.05, 0.1) is 17.2 Å². The van der Waals surface area contributed by atoms with Crippen molar-refractivity contribution in [3.8, 4) is 11.5 Å². The Morgan fingerprint density at radius 2 is 1.71 bits per heavy atom. The summed E-state index contributed by atoms with van der Waals surface area (Å²) in [5, 5.41) is 46.5. The topological polar surface area (TPSA) is 144 Å². The average molecular weight is 243 g/mol. The molecular formula is C10H13NO6. The van der Waals surface area contributed by atoms with Gasteiger partial charge in [0.1, 0.15) is 17.6 Å². The van der Waals surface area contributed by atoms with Gasteiger partial charge in [-0.1, -0.05) is 0 Å². The van der Waals surface area contributed by atoms with Crippen LogP contribution in [0.4, 0.5) is 0 Å². The number of aromatic hydroxyl groups is 2. The summed E-state index contributed by atoms with van der Waals surface area (Å²) in [6, 6.07) is 1.73. The summed E-state index contributed by atoms with van der Waals surface area (Å²) in [4.78, 5) is 10.6. The van der Waals surface area contributed by atoms with Crippen molar-refractivity contribution in [1.82, 2.24) is 0 Å². The third-order valence-electron chi connectivity index (χ3n) is 2.29. The van der Waals surface area contributed by atoms with Crippen LogP contribution in [0.3, 0.4) is 0 Å². The van der Waals surface area contributed by atoms with Gasteiger partial charge >= 0.3 is 5.97 Å². The highest BCUT2D eigenvalue weighted by molar-refractivity contribution is 5.89. The van der Waals surface area contributed by atoms with Crippen molar-refractivity contribution in [3.05, 3.63) is 23.3 Å². The molecule has 1 rings (SSSR count). The maximum Gasteiger partial charge on any atom is 0.335 e. The molecule has 0 radical (unpaired) electrons. The van der Waals surface area contributed by atoms with E-state index in [1.54, 1.807) is 0 Å². The number of carboxylic acid groups (broad SMARTS) is 1. The van der Waals surface area contributed by atoms with E-state index in [-0.39, 0.29) is 17.7 Å². The van der Waals surface area contributed by atoms with Crippen molar-refractivity contribution >= 4 is 5.97 Å². The Kier molecular flexibility index (Phi) is 3.89.